The van der Waals surface area contributed by atoms with E-state index < -0.39 is 10.7 Å². The first kappa shape index (κ1) is 13.2. The summed E-state index contributed by atoms with van der Waals surface area (Å²) in [6.45, 7) is 0. The van der Waals surface area contributed by atoms with E-state index in [0.717, 1.165) is 11.8 Å². The molecule has 0 saturated carbocycles. The molecule has 0 amide bonds. The highest BCUT2D eigenvalue weighted by atomic mass is 32.2. The molecule has 0 aliphatic rings. The number of hydrogen-bond donors (Lipinski definition) is 1. The summed E-state index contributed by atoms with van der Waals surface area (Å²) in [4.78, 5) is 18.4. The molecule has 0 fully saturated rings. The summed E-state index contributed by atoms with van der Waals surface area (Å²) >= 11 is 0.891. The zero-order chi connectivity index (χ0) is 13.8. The van der Waals surface area contributed by atoms with Crippen LogP contribution in [0.1, 0.15) is 0 Å². The first-order valence-electron chi connectivity index (χ1n) is 5.23. The van der Waals surface area contributed by atoms with Gasteiger partial charge in [-0.15, -0.1) is 0 Å². The molecular weight excluding hydrogens is 271 g/mol. The minimum Gasteiger partial charge on any atom is -0.367 e. The van der Waals surface area contributed by atoms with Gasteiger partial charge >= 0.3 is 5.69 Å². The monoisotopic (exact) mass is 280 g/mol. The molecule has 0 unspecified atom stereocenters. The normalized spacial score (nSPS) is 10.2. The Hall–Kier alpha value is -2.22. The quantitative estimate of drug-likeness (QED) is 0.527. The summed E-state index contributed by atoms with van der Waals surface area (Å²) < 4.78 is 13.5. The predicted octanol–water partition coefficient (Wildman–Crippen LogP) is 2.72. The summed E-state index contributed by atoms with van der Waals surface area (Å²) in [5, 5.41) is 13.8. The van der Waals surface area contributed by atoms with Crippen LogP contribution in [0.15, 0.2) is 40.5 Å². The third-order valence-electron chi connectivity index (χ3n) is 2.25. The second-order valence-electron chi connectivity index (χ2n) is 3.42. The summed E-state index contributed by atoms with van der Waals surface area (Å²) in [6.07, 6.45) is 1.20. The van der Waals surface area contributed by atoms with Gasteiger partial charge in [-0.1, -0.05) is 23.9 Å². The van der Waals surface area contributed by atoms with Crippen molar-refractivity contribution in [3.8, 4) is 0 Å². The van der Waals surface area contributed by atoms with Gasteiger partial charge in [-0.05, 0) is 12.1 Å². The van der Waals surface area contributed by atoms with Gasteiger partial charge in [-0.3, -0.25) is 10.1 Å². The number of rotatable bonds is 4. The minimum atomic E-state index is -0.588. The summed E-state index contributed by atoms with van der Waals surface area (Å²) in [7, 11) is 1.52. The van der Waals surface area contributed by atoms with Crippen LogP contribution in [0.3, 0.4) is 0 Å². The number of nitrogens with one attached hydrogen (secondary N) is 1. The van der Waals surface area contributed by atoms with Crippen LogP contribution < -0.4 is 5.32 Å². The number of hydrogen-bond acceptors (Lipinski definition) is 6. The van der Waals surface area contributed by atoms with Gasteiger partial charge in [0, 0.05) is 11.9 Å². The van der Waals surface area contributed by atoms with Gasteiger partial charge in [0.15, 0.2) is 5.03 Å². The zero-order valence-corrected chi connectivity index (χ0v) is 10.6. The van der Waals surface area contributed by atoms with Gasteiger partial charge in [0.25, 0.3) is 0 Å². The fraction of sp³-hybridized carbons (Fsp3) is 0.0909. The van der Waals surface area contributed by atoms with Crippen LogP contribution in [0, 0.1) is 15.9 Å². The van der Waals surface area contributed by atoms with Crippen molar-refractivity contribution in [2.75, 3.05) is 12.4 Å². The predicted molar refractivity (Wildman–Crippen MR) is 68.8 cm³/mol. The molecule has 2 rings (SSSR count). The number of anilines is 1. The minimum absolute atomic E-state index is 0.0921. The Morgan fingerprint density at radius 3 is 2.74 bits per heavy atom. The molecule has 1 aromatic carbocycles. The van der Waals surface area contributed by atoms with Gasteiger partial charge in [0.1, 0.15) is 12.1 Å². The third kappa shape index (κ3) is 2.79. The maximum absolute atomic E-state index is 13.5. The van der Waals surface area contributed by atoms with E-state index in [4.69, 9.17) is 0 Å². The van der Waals surface area contributed by atoms with Crippen LogP contribution >= 0.6 is 11.8 Å². The maximum atomic E-state index is 13.5. The molecule has 1 N–H and O–H groups in total. The Bertz CT molecular complexity index is 623. The van der Waals surface area contributed by atoms with Crippen LogP contribution in [0.2, 0.25) is 0 Å². The number of nitro groups is 1. The Kier molecular flexibility index (Phi) is 3.91. The largest absolute Gasteiger partial charge is 0.367 e. The fourth-order valence-corrected chi connectivity index (χ4v) is 2.30. The molecule has 0 atom stereocenters. The second-order valence-corrected chi connectivity index (χ2v) is 4.45. The van der Waals surface area contributed by atoms with Gasteiger partial charge in [-0.2, -0.15) is 0 Å². The topological polar surface area (TPSA) is 81.0 Å². The highest BCUT2D eigenvalue weighted by molar-refractivity contribution is 7.99. The molecule has 0 spiro atoms. The molecular formula is C11H9FN4O2S. The first-order chi connectivity index (χ1) is 9.13. The molecule has 1 heterocycles. The molecule has 8 heteroatoms. The summed E-state index contributed by atoms with van der Waals surface area (Å²) in [5.74, 6) is -0.356. The molecule has 19 heavy (non-hydrogen) atoms. The molecule has 0 aliphatic carbocycles. The van der Waals surface area contributed by atoms with E-state index in [0.29, 0.717) is 0 Å². The molecule has 0 bridgehead atoms. The van der Waals surface area contributed by atoms with E-state index in [1.54, 1.807) is 12.1 Å². The van der Waals surface area contributed by atoms with E-state index in [1.807, 2.05) is 0 Å². The highest BCUT2D eigenvalue weighted by Crippen LogP contribution is 2.37. The van der Waals surface area contributed by atoms with Crippen molar-refractivity contribution in [2.24, 2.45) is 0 Å². The Labute approximate surface area is 112 Å². The van der Waals surface area contributed by atoms with Crippen molar-refractivity contribution in [1.82, 2.24) is 9.97 Å². The average Bonchev–Trinajstić information content (AvgIpc) is 2.40. The lowest BCUT2D eigenvalue weighted by Crippen LogP contribution is -2.02. The highest BCUT2D eigenvalue weighted by Gasteiger charge is 2.23. The van der Waals surface area contributed by atoms with Gasteiger partial charge in [0.05, 0.1) is 4.92 Å². The molecule has 0 radical (unpaired) electrons. The zero-order valence-electron chi connectivity index (χ0n) is 9.83. The summed E-state index contributed by atoms with van der Waals surface area (Å²) in [5.41, 5.74) is -0.266. The lowest BCUT2D eigenvalue weighted by molar-refractivity contribution is -0.387. The lowest BCUT2D eigenvalue weighted by atomic mass is 10.3. The van der Waals surface area contributed by atoms with Crippen LogP contribution in [0.5, 0.6) is 0 Å². The van der Waals surface area contributed by atoms with Crippen LogP contribution in [-0.4, -0.2) is 21.9 Å². The molecule has 0 saturated heterocycles. The van der Waals surface area contributed by atoms with Crippen LogP contribution in [0.4, 0.5) is 15.9 Å². The van der Waals surface area contributed by atoms with Gasteiger partial charge in [-0.25, -0.2) is 14.4 Å². The second kappa shape index (κ2) is 5.61. The van der Waals surface area contributed by atoms with E-state index in [-0.39, 0.29) is 21.4 Å². The smallest absolute Gasteiger partial charge is 0.343 e. The van der Waals surface area contributed by atoms with Gasteiger partial charge in [0.2, 0.25) is 5.82 Å². The molecule has 98 valence electrons. The number of benzene rings is 1. The number of nitrogens with zero attached hydrogens (tertiary/aromatic N) is 3. The van der Waals surface area contributed by atoms with Gasteiger partial charge < -0.3 is 5.32 Å². The van der Waals surface area contributed by atoms with Crippen molar-refractivity contribution >= 4 is 23.3 Å². The van der Waals surface area contributed by atoms with Crippen LogP contribution in [-0.2, 0) is 0 Å². The van der Waals surface area contributed by atoms with E-state index in [9.17, 15) is 14.5 Å². The van der Waals surface area contributed by atoms with E-state index in [2.05, 4.69) is 15.3 Å². The average molecular weight is 280 g/mol. The van der Waals surface area contributed by atoms with E-state index in [1.165, 1.54) is 25.5 Å². The fourth-order valence-electron chi connectivity index (χ4n) is 1.42. The van der Waals surface area contributed by atoms with Crippen molar-refractivity contribution in [3.05, 3.63) is 46.5 Å². The Morgan fingerprint density at radius 2 is 2.11 bits per heavy atom. The number of halogens is 1. The SMILES string of the molecule is CNc1ncnc(Sc2ccccc2F)c1[N+](=O)[O-]. The Morgan fingerprint density at radius 1 is 1.37 bits per heavy atom. The maximum Gasteiger partial charge on any atom is 0.343 e. The van der Waals surface area contributed by atoms with Crippen molar-refractivity contribution in [1.29, 1.82) is 0 Å². The number of aromatic nitrogens is 2. The van der Waals surface area contributed by atoms with Crippen LogP contribution in [0.25, 0.3) is 0 Å². The van der Waals surface area contributed by atoms with E-state index >= 15 is 0 Å². The lowest BCUT2D eigenvalue weighted by Gasteiger charge is -2.05. The molecule has 1 aromatic heterocycles. The molecule has 6 nitrogen and oxygen atoms in total. The van der Waals surface area contributed by atoms with Crippen molar-refractivity contribution in [2.45, 2.75) is 9.92 Å². The standard InChI is InChI=1S/C11H9FN4O2S/c1-13-10-9(16(17)18)11(15-6-14-10)19-8-5-3-2-4-7(8)12/h2-6H,1H3,(H,13,14,15). The third-order valence-corrected chi connectivity index (χ3v) is 3.29. The Balaban J connectivity index is 2.46. The van der Waals surface area contributed by atoms with Crippen molar-refractivity contribution in [3.63, 3.8) is 0 Å². The molecule has 0 aliphatic heterocycles. The summed E-state index contributed by atoms with van der Waals surface area (Å²) in [6, 6.07) is 6.02. The molecule has 2 aromatic rings. The first-order valence-corrected chi connectivity index (χ1v) is 6.04. The van der Waals surface area contributed by atoms with Crippen molar-refractivity contribution < 1.29 is 9.31 Å².